The molecule has 2 aromatic heterocycles. The Morgan fingerprint density at radius 2 is 0.959 bits per heavy atom. The van der Waals surface area contributed by atoms with Gasteiger partial charge < -0.3 is 0 Å². The lowest BCUT2D eigenvalue weighted by Crippen LogP contribution is -2.14. The molecule has 0 saturated carbocycles. The fourth-order valence-corrected chi connectivity index (χ4v) is 7.27. The van der Waals surface area contributed by atoms with Gasteiger partial charge in [-0.1, -0.05) is 129 Å². The molecule has 0 bridgehead atoms. The molecule has 0 saturated heterocycles. The molecule has 1 aliphatic carbocycles. The Hall–Kier alpha value is -6.26. The van der Waals surface area contributed by atoms with E-state index >= 15 is 0 Å². The molecular formula is C45H32N4. The average Bonchev–Trinajstić information content (AvgIpc) is 3.41. The van der Waals surface area contributed by atoms with Gasteiger partial charge in [0.15, 0.2) is 17.5 Å². The minimum absolute atomic E-state index is 0.0719. The maximum Gasteiger partial charge on any atom is 0.164 e. The number of nitrogens with zero attached hydrogens (tertiary/aromatic N) is 4. The third kappa shape index (κ3) is 5.01. The second-order valence-electron chi connectivity index (χ2n) is 13.2. The van der Waals surface area contributed by atoms with Crippen molar-refractivity contribution in [3.05, 3.63) is 169 Å². The zero-order valence-corrected chi connectivity index (χ0v) is 27.3. The van der Waals surface area contributed by atoms with E-state index in [0.717, 1.165) is 38.9 Å². The smallest absolute Gasteiger partial charge is 0.164 e. The van der Waals surface area contributed by atoms with Gasteiger partial charge in [-0.3, -0.25) is 4.98 Å². The maximum absolute atomic E-state index is 5.07. The van der Waals surface area contributed by atoms with Crippen LogP contribution in [0, 0.1) is 0 Å². The summed E-state index contributed by atoms with van der Waals surface area (Å²) in [5, 5.41) is 2.57. The summed E-state index contributed by atoms with van der Waals surface area (Å²) >= 11 is 0. The van der Waals surface area contributed by atoms with Crippen molar-refractivity contribution in [1.29, 1.82) is 0 Å². The lowest BCUT2D eigenvalue weighted by molar-refractivity contribution is 0.661. The summed E-state index contributed by atoms with van der Waals surface area (Å²) < 4.78 is 0. The van der Waals surface area contributed by atoms with Crippen LogP contribution in [0.15, 0.2) is 158 Å². The summed E-state index contributed by atoms with van der Waals surface area (Å²) in [7, 11) is 0. The van der Waals surface area contributed by atoms with E-state index in [0.29, 0.717) is 17.5 Å². The van der Waals surface area contributed by atoms with Crippen molar-refractivity contribution in [2.45, 2.75) is 19.3 Å². The predicted molar refractivity (Wildman–Crippen MR) is 200 cm³/mol. The van der Waals surface area contributed by atoms with Gasteiger partial charge in [0.05, 0.1) is 0 Å². The van der Waals surface area contributed by atoms with Crippen LogP contribution in [-0.2, 0) is 5.41 Å². The molecule has 4 heteroatoms. The van der Waals surface area contributed by atoms with E-state index in [1.807, 2.05) is 18.2 Å². The van der Waals surface area contributed by atoms with Crippen LogP contribution >= 0.6 is 0 Å². The molecular weight excluding hydrogens is 597 g/mol. The van der Waals surface area contributed by atoms with Crippen LogP contribution in [-0.4, -0.2) is 19.9 Å². The molecule has 0 amide bonds. The van der Waals surface area contributed by atoms with E-state index in [-0.39, 0.29) is 5.41 Å². The van der Waals surface area contributed by atoms with Crippen LogP contribution in [0.3, 0.4) is 0 Å². The Kier molecular flexibility index (Phi) is 6.77. The highest BCUT2D eigenvalue weighted by Gasteiger charge is 2.36. The average molecular weight is 629 g/mol. The SMILES string of the molecule is CC1(C)c2ccc(-c3cccc(-c4nc(-c5ccncc5)nc(-c5cccc(-c6ccccc6)c5)n4)c3)cc2-c2c1ccc1ccccc21. The Balaban J connectivity index is 1.17. The van der Waals surface area contributed by atoms with Gasteiger partial charge in [-0.2, -0.15) is 0 Å². The third-order valence-electron chi connectivity index (χ3n) is 9.82. The third-order valence-corrected chi connectivity index (χ3v) is 9.82. The quantitative estimate of drug-likeness (QED) is 0.190. The molecule has 6 aromatic carbocycles. The van der Waals surface area contributed by atoms with E-state index in [1.54, 1.807) is 12.4 Å². The Bertz CT molecular complexity index is 2520. The van der Waals surface area contributed by atoms with E-state index in [9.17, 15) is 0 Å². The standard InChI is InChI=1S/C45H32N4/c1-45(2)39-20-19-34(28-38(39)41-37-17-7-6-12-30(37)18-21-40(41)45)33-14-9-16-36(27-33)44-48-42(31-22-24-46-25-23-31)47-43(49-44)35-15-8-13-32(26-35)29-10-4-3-5-11-29/h3-28H,1-2H3. The van der Waals surface area contributed by atoms with Gasteiger partial charge >= 0.3 is 0 Å². The molecule has 0 fully saturated rings. The van der Waals surface area contributed by atoms with Crippen molar-refractivity contribution >= 4 is 10.8 Å². The van der Waals surface area contributed by atoms with Crippen molar-refractivity contribution in [3.8, 4) is 67.5 Å². The zero-order chi connectivity index (χ0) is 33.0. The summed E-state index contributed by atoms with van der Waals surface area (Å²) in [4.78, 5) is 19.3. The molecule has 4 nitrogen and oxygen atoms in total. The van der Waals surface area contributed by atoms with Gasteiger partial charge in [0.2, 0.25) is 0 Å². The number of pyridine rings is 1. The van der Waals surface area contributed by atoms with Gasteiger partial charge in [0, 0.05) is 34.5 Å². The highest BCUT2D eigenvalue weighted by molar-refractivity contribution is 6.03. The summed E-state index contributed by atoms with van der Waals surface area (Å²) in [6.07, 6.45) is 3.54. The fraction of sp³-hybridized carbons (Fsp3) is 0.0667. The van der Waals surface area contributed by atoms with E-state index in [4.69, 9.17) is 15.0 Å². The van der Waals surface area contributed by atoms with E-state index in [1.165, 1.54) is 33.0 Å². The molecule has 0 aliphatic heterocycles. The summed E-state index contributed by atoms with van der Waals surface area (Å²) in [5.74, 6) is 1.87. The minimum Gasteiger partial charge on any atom is -0.265 e. The summed E-state index contributed by atoms with van der Waals surface area (Å²) in [6.45, 7) is 4.67. The minimum atomic E-state index is -0.0719. The van der Waals surface area contributed by atoms with Crippen LogP contribution in [0.25, 0.3) is 78.3 Å². The lowest BCUT2D eigenvalue weighted by Gasteiger charge is -2.21. The predicted octanol–water partition coefficient (Wildman–Crippen LogP) is 11.1. The first-order valence-electron chi connectivity index (χ1n) is 16.6. The fourth-order valence-electron chi connectivity index (χ4n) is 7.27. The highest BCUT2D eigenvalue weighted by atomic mass is 15.0. The number of hydrogen-bond acceptors (Lipinski definition) is 4. The summed E-state index contributed by atoms with van der Waals surface area (Å²) in [5.41, 5.74) is 12.6. The van der Waals surface area contributed by atoms with Crippen LogP contribution in [0.4, 0.5) is 0 Å². The Labute approximate surface area is 285 Å². The Morgan fingerprint density at radius 1 is 0.408 bits per heavy atom. The molecule has 9 rings (SSSR count). The summed E-state index contributed by atoms with van der Waals surface area (Å²) in [6, 6.07) is 51.4. The van der Waals surface area contributed by atoms with Gasteiger partial charge in [-0.05, 0) is 85.6 Å². The zero-order valence-electron chi connectivity index (χ0n) is 27.3. The number of aromatic nitrogens is 4. The molecule has 0 unspecified atom stereocenters. The molecule has 0 atom stereocenters. The molecule has 0 spiro atoms. The first kappa shape index (κ1) is 28.9. The van der Waals surface area contributed by atoms with Crippen LogP contribution in [0.2, 0.25) is 0 Å². The lowest BCUT2D eigenvalue weighted by atomic mass is 9.82. The monoisotopic (exact) mass is 628 g/mol. The first-order chi connectivity index (χ1) is 24.0. The second-order valence-corrected chi connectivity index (χ2v) is 13.2. The van der Waals surface area contributed by atoms with Crippen molar-refractivity contribution < 1.29 is 0 Å². The molecule has 49 heavy (non-hydrogen) atoms. The van der Waals surface area contributed by atoms with E-state index < -0.39 is 0 Å². The van der Waals surface area contributed by atoms with Crippen LogP contribution < -0.4 is 0 Å². The molecule has 0 N–H and O–H groups in total. The van der Waals surface area contributed by atoms with Crippen LogP contribution in [0.1, 0.15) is 25.0 Å². The van der Waals surface area contributed by atoms with Gasteiger partial charge in [0.1, 0.15) is 0 Å². The van der Waals surface area contributed by atoms with Gasteiger partial charge in [-0.25, -0.2) is 15.0 Å². The number of benzene rings is 6. The second kappa shape index (κ2) is 11.5. The van der Waals surface area contributed by atoms with Crippen molar-refractivity contribution in [1.82, 2.24) is 19.9 Å². The maximum atomic E-state index is 5.07. The molecule has 1 aliphatic rings. The van der Waals surface area contributed by atoms with Crippen molar-refractivity contribution in [3.63, 3.8) is 0 Å². The largest absolute Gasteiger partial charge is 0.265 e. The topological polar surface area (TPSA) is 51.6 Å². The number of hydrogen-bond donors (Lipinski definition) is 0. The van der Waals surface area contributed by atoms with E-state index in [2.05, 4.69) is 146 Å². The normalized spacial score (nSPS) is 12.9. The van der Waals surface area contributed by atoms with Crippen LogP contribution in [0.5, 0.6) is 0 Å². The molecule has 8 aromatic rings. The molecule has 232 valence electrons. The van der Waals surface area contributed by atoms with Crippen molar-refractivity contribution in [2.24, 2.45) is 0 Å². The molecule has 0 radical (unpaired) electrons. The highest BCUT2D eigenvalue weighted by Crippen LogP contribution is 2.52. The van der Waals surface area contributed by atoms with Gasteiger partial charge in [-0.15, -0.1) is 0 Å². The molecule has 2 heterocycles. The number of rotatable bonds is 5. The first-order valence-corrected chi connectivity index (χ1v) is 16.6. The number of fused-ring (bicyclic) bond motifs is 5. The Morgan fingerprint density at radius 3 is 1.67 bits per heavy atom. The van der Waals surface area contributed by atoms with Gasteiger partial charge in [0.25, 0.3) is 0 Å². The van der Waals surface area contributed by atoms with Crippen molar-refractivity contribution in [2.75, 3.05) is 0 Å².